The van der Waals surface area contributed by atoms with Gasteiger partial charge < -0.3 is 15.0 Å². The Morgan fingerprint density at radius 1 is 1.09 bits per heavy atom. The molecule has 2 aromatic carbocycles. The maximum absolute atomic E-state index is 13.6. The summed E-state index contributed by atoms with van der Waals surface area (Å²) < 4.78 is 31.4. The van der Waals surface area contributed by atoms with E-state index in [9.17, 15) is 18.0 Å². The molecule has 11 heteroatoms. The summed E-state index contributed by atoms with van der Waals surface area (Å²) in [6.45, 7) is 4.75. The topological polar surface area (TPSA) is 96.0 Å². The van der Waals surface area contributed by atoms with Crippen LogP contribution in [0.25, 0.3) is 0 Å². The Kier molecular flexibility index (Phi) is 10.2. The fourth-order valence-electron chi connectivity index (χ4n) is 3.28. The van der Waals surface area contributed by atoms with E-state index >= 15 is 0 Å². The predicted octanol–water partition coefficient (Wildman–Crippen LogP) is 4.10. The largest absolute Gasteiger partial charge is 0.497 e. The van der Waals surface area contributed by atoms with Crippen molar-refractivity contribution in [3.8, 4) is 5.75 Å². The molecule has 0 aliphatic carbocycles. The number of carbonyl (C=O) groups is 2. The molecule has 0 bridgehead atoms. The van der Waals surface area contributed by atoms with Gasteiger partial charge in [-0.1, -0.05) is 42.3 Å². The van der Waals surface area contributed by atoms with Gasteiger partial charge in [-0.15, -0.1) is 0 Å². The second-order valence-corrected chi connectivity index (χ2v) is 10.9. The van der Waals surface area contributed by atoms with Crippen LogP contribution in [0.1, 0.15) is 32.8 Å². The number of ether oxygens (including phenoxy) is 1. The quantitative estimate of drug-likeness (QED) is 0.460. The highest BCUT2D eigenvalue weighted by molar-refractivity contribution is 7.92. The van der Waals surface area contributed by atoms with Gasteiger partial charge in [0.15, 0.2) is 0 Å². The van der Waals surface area contributed by atoms with Gasteiger partial charge in [-0.25, -0.2) is 8.42 Å². The molecule has 0 unspecified atom stereocenters. The zero-order valence-corrected chi connectivity index (χ0v) is 22.7. The van der Waals surface area contributed by atoms with Crippen molar-refractivity contribution in [1.29, 1.82) is 0 Å². The maximum atomic E-state index is 13.6. The number of nitrogens with zero attached hydrogens (tertiary/aromatic N) is 2. The molecule has 2 aromatic rings. The third kappa shape index (κ3) is 7.75. The number of anilines is 1. The number of hydrogen-bond acceptors (Lipinski definition) is 5. The lowest BCUT2D eigenvalue weighted by Gasteiger charge is -2.32. The van der Waals surface area contributed by atoms with E-state index in [1.54, 1.807) is 43.3 Å². The predicted molar refractivity (Wildman–Crippen MR) is 140 cm³/mol. The standard InChI is InChI=1S/C24H31Cl2N3O5S/c1-6-16(2)27-24(31)17(3)28(14-20-21(25)11-8-12-22(20)26)23(30)15-29(35(5,32)33)18-9-7-10-19(13-18)34-4/h7-13,16-17H,6,14-15H2,1-5H3,(H,27,31)/t16-,17-/m0/s1. The summed E-state index contributed by atoms with van der Waals surface area (Å²) in [6.07, 6.45) is 1.72. The molecular weight excluding hydrogens is 513 g/mol. The summed E-state index contributed by atoms with van der Waals surface area (Å²) in [4.78, 5) is 27.8. The summed E-state index contributed by atoms with van der Waals surface area (Å²) >= 11 is 12.7. The second-order valence-electron chi connectivity index (χ2n) is 8.19. The minimum atomic E-state index is -3.85. The van der Waals surface area contributed by atoms with Crippen molar-refractivity contribution in [2.45, 2.75) is 45.8 Å². The van der Waals surface area contributed by atoms with Crippen molar-refractivity contribution < 1.29 is 22.7 Å². The molecule has 2 rings (SSSR count). The molecule has 0 radical (unpaired) electrons. The smallest absolute Gasteiger partial charge is 0.244 e. The van der Waals surface area contributed by atoms with Crippen molar-refractivity contribution in [2.24, 2.45) is 0 Å². The van der Waals surface area contributed by atoms with E-state index in [4.69, 9.17) is 27.9 Å². The highest BCUT2D eigenvalue weighted by atomic mass is 35.5. The first-order valence-electron chi connectivity index (χ1n) is 11.0. The van der Waals surface area contributed by atoms with Crippen LogP contribution in [0.5, 0.6) is 5.75 Å². The van der Waals surface area contributed by atoms with Gasteiger partial charge in [-0.05, 0) is 44.5 Å². The number of halogens is 2. The Bertz CT molecular complexity index is 1140. The van der Waals surface area contributed by atoms with Crippen LogP contribution in [-0.4, -0.2) is 57.1 Å². The normalized spacial score (nSPS) is 13.0. The summed E-state index contributed by atoms with van der Waals surface area (Å²) in [5.74, 6) is -0.534. The van der Waals surface area contributed by atoms with Crippen LogP contribution in [0.3, 0.4) is 0 Å². The van der Waals surface area contributed by atoms with Crippen LogP contribution >= 0.6 is 23.2 Å². The zero-order chi connectivity index (χ0) is 26.3. The average molecular weight is 545 g/mol. The summed E-state index contributed by atoms with van der Waals surface area (Å²) in [7, 11) is -2.39. The number of benzene rings is 2. The molecule has 0 fully saturated rings. The van der Waals surface area contributed by atoms with E-state index in [-0.39, 0.29) is 24.2 Å². The Hall–Kier alpha value is -2.49. The average Bonchev–Trinajstić information content (AvgIpc) is 2.80. The number of rotatable bonds is 11. The lowest BCUT2D eigenvalue weighted by molar-refractivity contribution is -0.139. The number of methoxy groups -OCH3 is 1. The van der Waals surface area contributed by atoms with Gasteiger partial charge in [-0.3, -0.25) is 13.9 Å². The van der Waals surface area contributed by atoms with Gasteiger partial charge in [0.2, 0.25) is 21.8 Å². The van der Waals surface area contributed by atoms with Gasteiger partial charge in [0, 0.05) is 34.3 Å². The van der Waals surface area contributed by atoms with Crippen molar-refractivity contribution >= 4 is 50.7 Å². The minimum absolute atomic E-state index is 0.0812. The van der Waals surface area contributed by atoms with Crippen LogP contribution in [0.2, 0.25) is 10.0 Å². The molecule has 0 heterocycles. The second kappa shape index (κ2) is 12.5. The highest BCUT2D eigenvalue weighted by Crippen LogP contribution is 2.28. The van der Waals surface area contributed by atoms with Gasteiger partial charge in [0.25, 0.3) is 0 Å². The molecule has 0 aliphatic rings. The molecule has 35 heavy (non-hydrogen) atoms. The number of sulfonamides is 1. The SMILES string of the molecule is CC[C@H](C)NC(=O)[C@H](C)N(Cc1c(Cl)cccc1Cl)C(=O)CN(c1cccc(OC)c1)S(C)(=O)=O. The third-order valence-electron chi connectivity index (χ3n) is 5.58. The first kappa shape index (κ1) is 28.7. The Morgan fingerprint density at radius 2 is 1.69 bits per heavy atom. The molecule has 0 aliphatic heterocycles. The first-order chi connectivity index (χ1) is 16.4. The van der Waals surface area contributed by atoms with E-state index in [2.05, 4.69) is 5.32 Å². The van der Waals surface area contributed by atoms with Crippen LogP contribution in [0.15, 0.2) is 42.5 Å². The molecule has 0 saturated heterocycles. The number of hydrogen-bond donors (Lipinski definition) is 1. The van der Waals surface area contributed by atoms with Crippen LogP contribution in [0, 0.1) is 0 Å². The van der Waals surface area contributed by atoms with Crippen molar-refractivity contribution in [2.75, 3.05) is 24.2 Å². The van der Waals surface area contributed by atoms with E-state index in [1.807, 2.05) is 13.8 Å². The van der Waals surface area contributed by atoms with Crippen LogP contribution in [-0.2, 0) is 26.2 Å². The number of nitrogens with one attached hydrogen (secondary N) is 1. The van der Waals surface area contributed by atoms with Gasteiger partial charge >= 0.3 is 0 Å². The monoisotopic (exact) mass is 543 g/mol. The lowest BCUT2D eigenvalue weighted by Crippen LogP contribution is -2.52. The van der Waals surface area contributed by atoms with Crippen molar-refractivity contribution in [1.82, 2.24) is 10.2 Å². The molecule has 2 atom stereocenters. The van der Waals surface area contributed by atoms with Crippen molar-refractivity contribution in [3.05, 3.63) is 58.1 Å². The molecule has 0 aromatic heterocycles. The summed E-state index contributed by atoms with van der Waals surface area (Å²) in [5, 5.41) is 3.53. The fourth-order valence-corrected chi connectivity index (χ4v) is 4.64. The summed E-state index contributed by atoms with van der Waals surface area (Å²) in [6, 6.07) is 10.3. The molecule has 192 valence electrons. The molecule has 1 N–H and O–H groups in total. The zero-order valence-electron chi connectivity index (χ0n) is 20.4. The minimum Gasteiger partial charge on any atom is -0.497 e. The van der Waals surface area contributed by atoms with Gasteiger partial charge in [-0.2, -0.15) is 0 Å². The Morgan fingerprint density at radius 3 is 2.23 bits per heavy atom. The van der Waals surface area contributed by atoms with Crippen LogP contribution in [0.4, 0.5) is 5.69 Å². The molecule has 2 amide bonds. The Labute approximate surface area is 217 Å². The van der Waals surface area contributed by atoms with E-state index in [1.165, 1.54) is 18.1 Å². The number of carbonyl (C=O) groups excluding carboxylic acids is 2. The third-order valence-corrected chi connectivity index (χ3v) is 7.43. The molecule has 0 spiro atoms. The van der Waals surface area contributed by atoms with E-state index in [0.29, 0.717) is 27.8 Å². The number of amides is 2. The lowest BCUT2D eigenvalue weighted by atomic mass is 10.1. The maximum Gasteiger partial charge on any atom is 0.244 e. The molecule has 0 saturated carbocycles. The van der Waals surface area contributed by atoms with Gasteiger partial charge in [0.1, 0.15) is 18.3 Å². The van der Waals surface area contributed by atoms with E-state index in [0.717, 1.165) is 10.6 Å². The molecule has 8 nitrogen and oxygen atoms in total. The summed E-state index contributed by atoms with van der Waals surface area (Å²) in [5.41, 5.74) is 0.715. The Balaban J connectivity index is 2.46. The van der Waals surface area contributed by atoms with Crippen molar-refractivity contribution in [3.63, 3.8) is 0 Å². The fraction of sp³-hybridized carbons (Fsp3) is 0.417. The van der Waals surface area contributed by atoms with Crippen LogP contribution < -0.4 is 14.4 Å². The highest BCUT2D eigenvalue weighted by Gasteiger charge is 2.31. The first-order valence-corrected chi connectivity index (χ1v) is 13.6. The van der Waals surface area contributed by atoms with Gasteiger partial charge in [0.05, 0.1) is 19.1 Å². The van der Waals surface area contributed by atoms with E-state index < -0.39 is 28.5 Å². The molecular formula is C24H31Cl2N3O5S.